The molecule has 3 aromatic rings. The Kier molecular flexibility index (Phi) is 6.15. The van der Waals surface area contributed by atoms with Crippen LogP contribution >= 0.6 is 0 Å². The number of hydrogen-bond donors (Lipinski definition) is 0. The van der Waals surface area contributed by atoms with Gasteiger partial charge in [-0.2, -0.15) is 0 Å². The number of benzene rings is 3. The highest BCUT2D eigenvalue weighted by Gasteiger charge is 2.16. The van der Waals surface area contributed by atoms with Crippen LogP contribution in [-0.2, 0) is 13.0 Å². The summed E-state index contributed by atoms with van der Waals surface area (Å²) in [7, 11) is 0. The minimum atomic E-state index is -1.65. The van der Waals surface area contributed by atoms with Crippen LogP contribution in [0.3, 0.4) is 0 Å². The molecule has 0 amide bonds. The van der Waals surface area contributed by atoms with Gasteiger partial charge in [-0.15, -0.1) is 0 Å². The summed E-state index contributed by atoms with van der Waals surface area (Å²) in [6.45, 7) is 1.55. The fourth-order valence-electron chi connectivity index (χ4n) is 2.93. The lowest BCUT2D eigenvalue weighted by molar-refractivity contribution is 0.273. The third-order valence-corrected chi connectivity index (χ3v) is 4.31. The first kappa shape index (κ1) is 20.8. The van der Waals surface area contributed by atoms with Crippen LogP contribution in [-0.4, -0.2) is 0 Å². The number of aryl methyl sites for hydroxylation is 1. The van der Waals surface area contributed by atoms with Crippen LogP contribution in [0.2, 0.25) is 0 Å². The highest BCUT2D eigenvalue weighted by atomic mass is 19.2. The van der Waals surface area contributed by atoms with Gasteiger partial charge in [0.15, 0.2) is 34.8 Å². The maximum atomic E-state index is 14.4. The highest BCUT2D eigenvalue weighted by Crippen LogP contribution is 2.28. The lowest BCUT2D eigenvalue weighted by atomic mass is 10.0. The molecule has 0 aliphatic carbocycles. The molecule has 0 fully saturated rings. The zero-order valence-electron chi connectivity index (χ0n) is 15.3. The summed E-state index contributed by atoms with van der Waals surface area (Å²) < 4.78 is 87.5. The zero-order chi connectivity index (χ0) is 21.1. The zero-order valence-corrected chi connectivity index (χ0v) is 15.3. The number of ether oxygens (including phenoxy) is 1. The van der Waals surface area contributed by atoms with Crippen molar-refractivity contribution in [1.29, 1.82) is 0 Å². The van der Waals surface area contributed by atoms with Gasteiger partial charge < -0.3 is 4.74 Å². The van der Waals surface area contributed by atoms with Crippen molar-refractivity contribution in [2.45, 2.75) is 26.4 Å². The van der Waals surface area contributed by atoms with E-state index in [-0.39, 0.29) is 23.3 Å². The molecule has 152 valence electrons. The molecule has 0 heterocycles. The molecule has 0 saturated heterocycles. The molecular weight excluding hydrogens is 394 g/mol. The van der Waals surface area contributed by atoms with Crippen LogP contribution in [0, 0.1) is 34.9 Å². The second-order valence-corrected chi connectivity index (χ2v) is 6.50. The van der Waals surface area contributed by atoms with Crippen molar-refractivity contribution in [3.05, 3.63) is 88.5 Å². The normalized spacial score (nSPS) is 11.0. The average molecular weight is 410 g/mol. The van der Waals surface area contributed by atoms with Crippen molar-refractivity contribution in [1.82, 2.24) is 0 Å². The molecule has 0 saturated carbocycles. The van der Waals surface area contributed by atoms with Crippen molar-refractivity contribution in [2.24, 2.45) is 0 Å². The molecule has 0 spiro atoms. The van der Waals surface area contributed by atoms with Crippen molar-refractivity contribution >= 4 is 0 Å². The Balaban J connectivity index is 1.80. The van der Waals surface area contributed by atoms with Crippen molar-refractivity contribution < 1.29 is 31.1 Å². The number of hydrogen-bond acceptors (Lipinski definition) is 1. The Labute approximate surface area is 163 Å². The lowest BCUT2D eigenvalue weighted by Gasteiger charge is -2.11. The molecule has 0 N–H and O–H groups in total. The molecule has 0 bridgehead atoms. The van der Waals surface area contributed by atoms with Gasteiger partial charge in [-0.1, -0.05) is 25.5 Å². The maximum absolute atomic E-state index is 14.4. The van der Waals surface area contributed by atoms with Gasteiger partial charge in [-0.25, -0.2) is 26.3 Å². The Bertz CT molecular complexity index is 1000. The molecular formula is C22H16F6O. The number of rotatable bonds is 6. The first-order valence-electron chi connectivity index (χ1n) is 8.84. The van der Waals surface area contributed by atoms with E-state index in [1.807, 2.05) is 6.92 Å². The largest absolute Gasteiger partial charge is 0.483 e. The second-order valence-electron chi connectivity index (χ2n) is 6.50. The predicted molar refractivity (Wildman–Crippen MR) is 96.4 cm³/mol. The molecule has 0 unspecified atom stereocenters. The van der Waals surface area contributed by atoms with Gasteiger partial charge in [0.25, 0.3) is 0 Å². The molecule has 0 aromatic heterocycles. The molecule has 0 aliphatic rings. The van der Waals surface area contributed by atoms with E-state index in [1.54, 1.807) is 0 Å². The Morgan fingerprint density at radius 2 is 1.28 bits per heavy atom. The van der Waals surface area contributed by atoms with E-state index in [1.165, 1.54) is 24.3 Å². The summed E-state index contributed by atoms with van der Waals surface area (Å²) in [5.74, 6) is -7.67. The summed E-state index contributed by atoms with van der Waals surface area (Å²) in [5.41, 5.74) is 0.401. The molecule has 0 atom stereocenters. The van der Waals surface area contributed by atoms with Gasteiger partial charge in [0.05, 0.1) is 0 Å². The molecule has 0 radical (unpaired) electrons. The Morgan fingerprint density at radius 1 is 0.690 bits per heavy atom. The van der Waals surface area contributed by atoms with Gasteiger partial charge >= 0.3 is 0 Å². The van der Waals surface area contributed by atoms with E-state index in [2.05, 4.69) is 0 Å². The van der Waals surface area contributed by atoms with Gasteiger partial charge in [0.1, 0.15) is 12.4 Å². The highest BCUT2D eigenvalue weighted by molar-refractivity contribution is 5.64. The maximum Gasteiger partial charge on any atom is 0.194 e. The molecule has 7 heteroatoms. The monoisotopic (exact) mass is 410 g/mol. The van der Waals surface area contributed by atoms with Gasteiger partial charge in [0.2, 0.25) is 0 Å². The van der Waals surface area contributed by atoms with E-state index in [4.69, 9.17) is 4.74 Å². The minimum absolute atomic E-state index is 0.159. The average Bonchev–Trinajstić information content (AvgIpc) is 2.65. The summed E-state index contributed by atoms with van der Waals surface area (Å²) in [5, 5.41) is 0. The molecule has 1 nitrogen and oxygen atoms in total. The van der Waals surface area contributed by atoms with E-state index in [9.17, 15) is 26.3 Å². The van der Waals surface area contributed by atoms with Crippen LogP contribution in [0.1, 0.15) is 24.5 Å². The summed E-state index contributed by atoms with van der Waals surface area (Å²) in [4.78, 5) is 0. The SMILES string of the molecule is CCCc1cc(F)c(OCc2ccc(-c3cc(F)c(F)c(F)c3)c(F)c2)c(F)c1. The van der Waals surface area contributed by atoms with Gasteiger partial charge in [-0.05, 0) is 53.4 Å². The van der Waals surface area contributed by atoms with Crippen LogP contribution in [0.4, 0.5) is 26.3 Å². The fraction of sp³-hybridized carbons (Fsp3) is 0.182. The van der Waals surface area contributed by atoms with Crippen LogP contribution in [0.15, 0.2) is 42.5 Å². The molecule has 3 aromatic carbocycles. The topological polar surface area (TPSA) is 9.23 Å². The molecule has 3 rings (SSSR count). The predicted octanol–water partition coefficient (Wildman–Crippen LogP) is 6.72. The van der Waals surface area contributed by atoms with E-state index in [0.717, 1.165) is 12.5 Å². The first-order chi connectivity index (χ1) is 13.8. The van der Waals surface area contributed by atoms with Gasteiger partial charge in [0, 0.05) is 5.56 Å². The standard InChI is InChI=1S/C22H16F6O/c1-2-3-12-6-19(26)22(20(27)7-12)29-11-13-4-5-15(16(23)8-13)14-9-17(24)21(28)18(25)10-14/h4-10H,2-3,11H2,1H3. The Morgan fingerprint density at radius 3 is 1.83 bits per heavy atom. The van der Waals surface area contributed by atoms with Crippen LogP contribution in [0.5, 0.6) is 5.75 Å². The fourth-order valence-corrected chi connectivity index (χ4v) is 2.93. The third kappa shape index (κ3) is 4.55. The van der Waals surface area contributed by atoms with E-state index < -0.39 is 40.7 Å². The summed E-state index contributed by atoms with van der Waals surface area (Å²) in [6, 6.07) is 7.32. The van der Waals surface area contributed by atoms with Crippen molar-refractivity contribution in [3.8, 4) is 16.9 Å². The summed E-state index contributed by atoms with van der Waals surface area (Å²) in [6.07, 6.45) is 1.25. The van der Waals surface area contributed by atoms with Crippen LogP contribution in [0.25, 0.3) is 11.1 Å². The second kappa shape index (κ2) is 8.59. The number of halogens is 6. The van der Waals surface area contributed by atoms with Crippen LogP contribution < -0.4 is 4.74 Å². The van der Waals surface area contributed by atoms with Gasteiger partial charge in [-0.3, -0.25) is 0 Å². The summed E-state index contributed by atoms with van der Waals surface area (Å²) >= 11 is 0. The van der Waals surface area contributed by atoms with Crippen molar-refractivity contribution in [3.63, 3.8) is 0 Å². The first-order valence-corrected chi connectivity index (χ1v) is 8.84. The Hall–Kier alpha value is -2.96. The molecule has 0 aliphatic heterocycles. The lowest BCUT2D eigenvalue weighted by Crippen LogP contribution is -2.02. The third-order valence-electron chi connectivity index (χ3n) is 4.31. The smallest absolute Gasteiger partial charge is 0.194 e. The van der Waals surface area contributed by atoms with E-state index >= 15 is 0 Å². The molecule has 29 heavy (non-hydrogen) atoms. The van der Waals surface area contributed by atoms with Crippen molar-refractivity contribution in [2.75, 3.05) is 0 Å². The van der Waals surface area contributed by atoms with E-state index in [0.29, 0.717) is 24.1 Å². The quantitative estimate of drug-likeness (QED) is 0.324. The minimum Gasteiger partial charge on any atom is -0.483 e.